The number of hydrogen-bond acceptors (Lipinski definition) is 4. The van der Waals surface area contributed by atoms with Gasteiger partial charge in [-0.3, -0.25) is 9.59 Å². The van der Waals surface area contributed by atoms with Gasteiger partial charge in [-0.2, -0.15) is 0 Å². The van der Waals surface area contributed by atoms with Crippen LogP contribution in [0.4, 0.5) is 0 Å². The molecule has 0 radical (unpaired) electrons. The number of rotatable bonds is 4. The zero-order chi connectivity index (χ0) is 17.1. The molecule has 3 rings (SSSR count). The molecule has 0 saturated heterocycles. The first-order valence-electron chi connectivity index (χ1n) is 7.80. The summed E-state index contributed by atoms with van der Waals surface area (Å²) >= 11 is 5.03. The van der Waals surface area contributed by atoms with Crippen molar-refractivity contribution in [3.63, 3.8) is 0 Å². The first-order valence-corrected chi connectivity index (χ1v) is 9.47. The van der Waals surface area contributed by atoms with Gasteiger partial charge in [0.15, 0.2) is 5.78 Å². The van der Waals surface area contributed by atoms with Gasteiger partial charge in [-0.1, -0.05) is 34.1 Å². The average Bonchev–Trinajstić information content (AvgIpc) is 3.09. The van der Waals surface area contributed by atoms with E-state index in [1.807, 2.05) is 41.8 Å². The number of halogens is 1. The van der Waals surface area contributed by atoms with E-state index in [2.05, 4.69) is 15.9 Å². The molecule has 1 heterocycles. The van der Waals surface area contributed by atoms with Gasteiger partial charge in [-0.05, 0) is 54.1 Å². The van der Waals surface area contributed by atoms with Crippen molar-refractivity contribution >= 4 is 44.6 Å². The highest BCUT2D eigenvalue weighted by Gasteiger charge is 2.39. The first kappa shape index (κ1) is 17.1. The smallest absolute Gasteiger partial charge is 0.317 e. The summed E-state index contributed by atoms with van der Waals surface area (Å²) in [6, 6.07) is 11.8. The SMILES string of the molecule is CCOC(=O)[C@H]1C(=O)C=C(c2cccs2)C[C@@H]1c1ccc(Br)cc1. The van der Waals surface area contributed by atoms with Crippen LogP contribution in [-0.2, 0) is 14.3 Å². The molecule has 0 unspecified atom stereocenters. The summed E-state index contributed by atoms with van der Waals surface area (Å²) in [4.78, 5) is 26.1. The van der Waals surface area contributed by atoms with Crippen molar-refractivity contribution in [2.24, 2.45) is 5.92 Å². The van der Waals surface area contributed by atoms with Gasteiger partial charge in [0.25, 0.3) is 0 Å². The summed E-state index contributed by atoms with van der Waals surface area (Å²) in [5.74, 6) is -1.57. The fourth-order valence-corrected chi connectivity index (χ4v) is 4.06. The molecule has 1 aromatic heterocycles. The Hall–Kier alpha value is -1.72. The standard InChI is InChI=1S/C19H17BrO3S/c1-2-23-19(22)18-15(12-5-7-14(20)8-6-12)10-13(11-16(18)21)17-4-3-9-24-17/h3-9,11,15,18H,2,10H2,1H3/t15-,18-/m1/s1. The van der Waals surface area contributed by atoms with Gasteiger partial charge < -0.3 is 4.74 Å². The molecule has 1 aliphatic carbocycles. The molecule has 1 aromatic carbocycles. The van der Waals surface area contributed by atoms with E-state index in [1.165, 1.54) is 0 Å². The lowest BCUT2D eigenvalue weighted by molar-refractivity contribution is -0.151. The van der Waals surface area contributed by atoms with E-state index in [0.717, 1.165) is 20.5 Å². The van der Waals surface area contributed by atoms with Crippen molar-refractivity contribution < 1.29 is 14.3 Å². The van der Waals surface area contributed by atoms with Gasteiger partial charge in [0.05, 0.1) is 6.61 Å². The van der Waals surface area contributed by atoms with E-state index < -0.39 is 11.9 Å². The van der Waals surface area contributed by atoms with Crippen LogP contribution in [-0.4, -0.2) is 18.4 Å². The predicted molar refractivity (Wildman–Crippen MR) is 98.9 cm³/mol. The van der Waals surface area contributed by atoms with Gasteiger partial charge in [0, 0.05) is 15.3 Å². The van der Waals surface area contributed by atoms with Gasteiger partial charge in [-0.25, -0.2) is 0 Å². The number of thiophene rings is 1. The monoisotopic (exact) mass is 404 g/mol. The maximum atomic E-state index is 12.7. The number of esters is 1. The molecule has 0 fully saturated rings. The molecule has 2 aromatic rings. The molecule has 0 aliphatic heterocycles. The number of carbonyl (C=O) groups excluding carboxylic acids is 2. The minimum Gasteiger partial charge on any atom is -0.465 e. The van der Waals surface area contributed by atoms with Crippen LogP contribution in [0.2, 0.25) is 0 Å². The van der Waals surface area contributed by atoms with Gasteiger partial charge in [0.2, 0.25) is 0 Å². The summed E-state index contributed by atoms with van der Waals surface area (Å²) in [6.45, 7) is 2.03. The molecule has 24 heavy (non-hydrogen) atoms. The Morgan fingerprint density at radius 1 is 1.29 bits per heavy atom. The molecule has 0 N–H and O–H groups in total. The third-order valence-electron chi connectivity index (χ3n) is 4.14. The zero-order valence-electron chi connectivity index (χ0n) is 13.2. The molecule has 1 aliphatic rings. The maximum absolute atomic E-state index is 12.7. The maximum Gasteiger partial charge on any atom is 0.317 e. The van der Waals surface area contributed by atoms with Gasteiger partial charge in [0.1, 0.15) is 5.92 Å². The van der Waals surface area contributed by atoms with E-state index in [9.17, 15) is 9.59 Å². The van der Waals surface area contributed by atoms with Crippen LogP contribution in [0, 0.1) is 5.92 Å². The largest absolute Gasteiger partial charge is 0.465 e. The zero-order valence-corrected chi connectivity index (χ0v) is 15.6. The average molecular weight is 405 g/mol. The molecule has 0 bridgehead atoms. The Morgan fingerprint density at radius 3 is 2.67 bits per heavy atom. The Kier molecular flexibility index (Phi) is 5.31. The Morgan fingerprint density at radius 2 is 2.04 bits per heavy atom. The molecule has 0 saturated carbocycles. The molecule has 2 atom stereocenters. The normalized spacial score (nSPS) is 20.6. The van der Waals surface area contributed by atoms with Crippen LogP contribution in [0.5, 0.6) is 0 Å². The van der Waals surface area contributed by atoms with E-state index in [1.54, 1.807) is 24.3 Å². The van der Waals surface area contributed by atoms with E-state index in [0.29, 0.717) is 6.42 Å². The van der Waals surface area contributed by atoms with Crippen LogP contribution in [0.3, 0.4) is 0 Å². The minimum atomic E-state index is -0.769. The second-order valence-electron chi connectivity index (χ2n) is 5.64. The molecule has 0 amide bonds. The molecule has 3 nitrogen and oxygen atoms in total. The fraction of sp³-hybridized carbons (Fsp3) is 0.263. The van der Waals surface area contributed by atoms with E-state index in [-0.39, 0.29) is 18.3 Å². The number of allylic oxidation sites excluding steroid dienone is 2. The van der Waals surface area contributed by atoms with Gasteiger partial charge in [-0.15, -0.1) is 11.3 Å². The second-order valence-corrected chi connectivity index (χ2v) is 7.50. The Bertz CT molecular complexity index is 762. The number of carbonyl (C=O) groups is 2. The van der Waals surface area contributed by atoms with Crippen LogP contribution < -0.4 is 0 Å². The summed E-state index contributed by atoms with van der Waals surface area (Å²) in [5, 5.41) is 1.99. The summed E-state index contributed by atoms with van der Waals surface area (Å²) in [6.07, 6.45) is 2.26. The summed E-state index contributed by atoms with van der Waals surface area (Å²) in [7, 11) is 0. The molecule has 0 spiro atoms. The minimum absolute atomic E-state index is 0.170. The molecular formula is C19H17BrO3S. The summed E-state index contributed by atoms with van der Waals surface area (Å²) < 4.78 is 6.13. The predicted octanol–water partition coefficient (Wildman–Crippen LogP) is 4.83. The van der Waals surface area contributed by atoms with Crippen molar-refractivity contribution in [1.29, 1.82) is 0 Å². The molecule has 5 heteroatoms. The number of benzene rings is 1. The van der Waals surface area contributed by atoms with Crippen molar-refractivity contribution in [2.45, 2.75) is 19.3 Å². The number of hydrogen-bond donors (Lipinski definition) is 0. The summed E-state index contributed by atoms with van der Waals surface area (Å²) in [5.41, 5.74) is 1.97. The van der Waals surface area contributed by atoms with Crippen LogP contribution in [0.1, 0.15) is 29.7 Å². The van der Waals surface area contributed by atoms with Crippen LogP contribution >= 0.6 is 27.3 Å². The van der Waals surface area contributed by atoms with Crippen LogP contribution in [0.15, 0.2) is 52.3 Å². The first-order chi connectivity index (χ1) is 11.6. The topological polar surface area (TPSA) is 43.4 Å². The third-order valence-corrected chi connectivity index (χ3v) is 5.62. The molecule has 124 valence electrons. The second kappa shape index (κ2) is 7.45. The lowest BCUT2D eigenvalue weighted by Crippen LogP contribution is -2.33. The number of ketones is 1. The number of ether oxygens (including phenoxy) is 1. The van der Waals surface area contributed by atoms with Crippen molar-refractivity contribution in [1.82, 2.24) is 0 Å². The van der Waals surface area contributed by atoms with Gasteiger partial charge >= 0.3 is 5.97 Å². The lowest BCUT2D eigenvalue weighted by atomic mass is 9.74. The Balaban J connectivity index is 2.00. The lowest BCUT2D eigenvalue weighted by Gasteiger charge is -2.29. The van der Waals surface area contributed by atoms with Crippen molar-refractivity contribution in [3.8, 4) is 0 Å². The highest BCUT2D eigenvalue weighted by Crippen LogP contribution is 2.41. The van der Waals surface area contributed by atoms with Crippen molar-refractivity contribution in [3.05, 3.63) is 62.8 Å². The highest BCUT2D eigenvalue weighted by molar-refractivity contribution is 9.10. The quantitative estimate of drug-likeness (QED) is 0.541. The Labute approximate surface area is 153 Å². The van der Waals surface area contributed by atoms with Crippen molar-refractivity contribution in [2.75, 3.05) is 6.61 Å². The van der Waals surface area contributed by atoms with Crippen LogP contribution in [0.25, 0.3) is 5.57 Å². The fourth-order valence-electron chi connectivity index (χ4n) is 3.04. The van der Waals surface area contributed by atoms with E-state index in [4.69, 9.17) is 4.74 Å². The van der Waals surface area contributed by atoms with E-state index >= 15 is 0 Å². The third kappa shape index (κ3) is 3.52. The molecular weight excluding hydrogens is 388 g/mol. The highest BCUT2D eigenvalue weighted by atomic mass is 79.9.